The Balaban J connectivity index is 1.74. The van der Waals surface area contributed by atoms with Gasteiger partial charge in [-0.15, -0.1) is 0 Å². The molecule has 0 spiro atoms. The minimum absolute atomic E-state index is 0.00306. The van der Waals surface area contributed by atoms with Crippen LogP contribution in [0.1, 0.15) is 30.0 Å². The quantitative estimate of drug-likeness (QED) is 0.869. The van der Waals surface area contributed by atoms with E-state index in [4.69, 9.17) is 16.3 Å². The zero-order chi connectivity index (χ0) is 15.5. The fraction of sp³-hybridized carbons (Fsp3) is 0.412. The predicted molar refractivity (Wildman–Crippen MR) is 86.8 cm³/mol. The van der Waals surface area contributed by atoms with Crippen LogP contribution in [0.2, 0.25) is 5.02 Å². The average Bonchev–Trinajstić information content (AvgIpc) is 2.52. The van der Waals surface area contributed by atoms with Crippen molar-refractivity contribution in [2.24, 2.45) is 0 Å². The molecule has 22 heavy (non-hydrogen) atoms. The first-order valence-corrected chi connectivity index (χ1v) is 7.89. The summed E-state index contributed by atoms with van der Waals surface area (Å²) in [7, 11) is 0. The number of rotatable bonds is 3. The van der Waals surface area contributed by atoms with Crippen molar-refractivity contribution in [1.82, 2.24) is 14.9 Å². The van der Waals surface area contributed by atoms with Crippen molar-refractivity contribution in [3.05, 3.63) is 58.6 Å². The Kier molecular flexibility index (Phi) is 4.71. The molecule has 4 nitrogen and oxygen atoms in total. The maximum atomic E-state index is 6.30. The Hall–Kier alpha value is -1.49. The van der Waals surface area contributed by atoms with Gasteiger partial charge < -0.3 is 4.74 Å². The van der Waals surface area contributed by atoms with E-state index in [2.05, 4.69) is 21.8 Å². The van der Waals surface area contributed by atoms with Crippen LogP contribution in [-0.2, 0) is 11.3 Å². The molecule has 0 amide bonds. The molecule has 0 bridgehead atoms. The van der Waals surface area contributed by atoms with Crippen molar-refractivity contribution in [1.29, 1.82) is 0 Å². The highest BCUT2D eigenvalue weighted by molar-refractivity contribution is 6.31. The number of nitrogens with zero attached hydrogens (tertiary/aromatic N) is 3. The SMILES string of the molecule is Cc1cnc(CN2C[C@@H](c3ccccc3Cl)OC[C@@H]2C)cn1. The number of hydrogen-bond donors (Lipinski definition) is 0. The Morgan fingerprint density at radius 3 is 2.82 bits per heavy atom. The minimum Gasteiger partial charge on any atom is -0.371 e. The van der Waals surface area contributed by atoms with Crippen molar-refractivity contribution in [3.63, 3.8) is 0 Å². The molecule has 1 fully saturated rings. The third-order valence-electron chi connectivity index (χ3n) is 4.01. The normalized spacial score (nSPS) is 22.7. The van der Waals surface area contributed by atoms with Gasteiger partial charge >= 0.3 is 0 Å². The lowest BCUT2D eigenvalue weighted by atomic mass is 10.1. The molecule has 1 saturated heterocycles. The second-order valence-corrected chi connectivity index (χ2v) is 6.18. The van der Waals surface area contributed by atoms with Crippen molar-refractivity contribution in [2.75, 3.05) is 13.2 Å². The second-order valence-electron chi connectivity index (χ2n) is 5.77. The highest BCUT2D eigenvalue weighted by Crippen LogP contribution is 2.30. The molecule has 3 rings (SSSR count). The van der Waals surface area contributed by atoms with E-state index in [1.54, 1.807) is 0 Å². The molecule has 0 aliphatic carbocycles. The van der Waals surface area contributed by atoms with Crippen LogP contribution in [-0.4, -0.2) is 34.1 Å². The lowest BCUT2D eigenvalue weighted by Gasteiger charge is -2.38. The van der Waals surface area contributed by atoms with Crippen LogP contribution in [0.25, 0.3) is 0 Å². The van der Waals surface area contributed by atoms with Crippen molar-refractivity contribution in [2.45, 2.75) is 32.5 Å². The van der Waals surface area contributed by atoms with Crippen LogP contribution in [0.4, 0.5) is 0 Å². The van der Waals surface area contributed by atoms with Crippen molar-refractivity contribution in [3.8, 4) is 0 Å². The monoisotopic (exact) mass is 317 g/mol. The first kappa shape index (κ1) is 15.4. The van der Waals surface area contributed by atoms with E-state index in [0.717, 1.165) is 35.1 Å². The van der Waals surface area contributed by atoms with Crippen LogP contribution in [0.3, 0.4) is 0 Å². The van der Waals surface area contributed by atoms with E-state index in [0.29, 0.717) is 12.6 Å². The molecule has 2 aromatic rings. The standard InChI is InChI=1S/C17H20ClN3O/c1-12-7-20-14(8-19-12)9-21-10-17(22-11-13(21)2)15-5-3-4-6-16(15)18/h3-8,13,17H,9-11H2,1-2H3/t13-,17-/m0/s1. The van der Waals surface area contributed by atoms with Gasteiger partial charge in [-0.25, -0.2) is 0 Å². The summed E-state index contributed by atoms with van der Waals surface area (Å²) in [5, 5.41) is 0.761. The topological polar surface area (TPSA) is 38.2 Å². The number of morpholine rings is 1. The van der Waals surface area contributed by atoms with Gasteiger partial charge in [-0.1, -0.05) is 29.8 Å². The molecular formula is C17H20ClN3O. The van der Waals surface area contributed by atoms with Gasteiger partial charge in [0.05, 0.1) is 24.1 Å². The van der Waals surface area contributed by atoms with E-state index in [9.17, 15) is 0 Å². The molecular weight excluding hydrogens is 298 g/mol. The summed E-state index contributed by atoms with van der Waals surface area (Å²) in [6, 6.07) is 8.23. The number of benzene rings is 1. The number of ether oxygens (including phenoxy) is 1. The molecule has 0 unspecified atom stereocenters. The van der Waals surface area contributed by atoms with Gasteiger partial charge in [0.25, 0.3) is 0 Å². The largest absolute Gasteiger partial charge is 0.371 e. The molecule has 116 valence electrons. The molecule has 1 aliphatic heterocycles. The molecule has 1 aromatic heterocycles. The first-order chi connectivity index (χ1) is 10.6. The van der Waals surface area contributed by atoms with Crippen LogP contribution in [0, 0.1) is 6.92 Å². The van der Waals surface area contributed by atoms with Gasteiger partial charge in [-0.05, 0) is 19.9 Å². The summed E-state index contributed by atoms with van der Waals surface area (Å²) in [5.41, 5.74) is 2.97. The third-order valence-corrected chi connectivity index (χ3v) is 4.36. The summed E-state index contributed by atoms with van der Waals surface area (Å²) < 4.78 is 5.98. The number of aromatic nitrogens is 2. The van der Waals surface area contributed by atoms with E-state index in [1.165, 1.54) is 0 Å². The average molecular weight is 318 g/mol. The predicted octanol–water partition coefficient (Wildman–Crippen LogP) is 3.40. The fourth-order valence-corrected chi connectivity index (χ4v) is 2.92. The zero-order valence-electron chi connectivity index (χ0n) is 12.9. The van der Waals surface area contributed by atoms with E-state index in [1.807, 2.05) is 43.6 Å². The fourth-order valence-electron chi connectivity index (χ4n) is 2.66. The van der Waals surface area contributed by atoms with Crippen molar-refractivity contribution >= 4 is 11.6 Å². The van der Waals surface area contributed by atoms with Gasteiger partial charge in [0.1, 0.15) is 0 Å². The lowest BCUT2D eigenvalue weighted by molar-refractivity contribution is -0.0636. The Morgan fingerprint density at radius 1 is 1.27 bits per heavy atom. The summed E-state index contributed by atoms with van der Waals surface area (Å²) in [5.74, 6) is 0. The molecule has 1 aromatic carbocycles. The zero-order valence-corrected chi connectivity index (χ0v) is 13.6. The Labute approximate surface area is 136 Å². The lowest BCUT2D eigenvalue weighted by Crippen LogP contribution is -2.44. The van der Waals surface area contributed by atoms with Crippen LogP contribution in [0.15, 0.2) is 36.7 Å². The summed E-state index contributed by atoms with van der Waals surface area (Å²) in [6.07, 6.45) is 3.66. The molecule has 0 N–H and O–H groups in total. The highest BCUT2D eigenvalue weighted by atomic mass is 35.5. The molecule has 2 atom stereocenters. The summed E-state index contributed by atoms with van der Waals surface area (Å²) in [6.45, 7) is 6.39. The first-order valence-electron chi connectivity index (χ1n) is 7.51. The maximum Gasteiger partial charge on any atom is 0.0967 e. The number of hydrogen-bond acceptors (Lipinski definition) is 4. The molecule has 2 heterocycles. The summed E-state index contributed by atoms with van der Waals surface area (Å²) in [4.78, 5) is 11.1. The highest BCUT2D eigenvalue weighted by Gasteiger charge is 2.28. The molecule has 0 radical (unpaired) electrons. The Morgan fingerprint density at radius 2 is 2.09 bits per heavy atom. The van der Waals surface area contributed by atoms with Gasteiger partial charge in [-0.3, -0.25) is 14.9 Å². The van der Waals surface area contributed by atoms with Gasteiger partial charge in [0.2, 0.25) is 0 Å². The van der Waals surface area contributed by atoms with Crippen LogP contribution < -0.4 is 0 Å². The summed E-state index contributed by atoms with van der Waals surface area (Å²) >= 11 is 6.30. The van der Waals surface area contributed by atoms with E-state index >= 15 is 0 Å². The number of halogens is 1. The molecule has 0 saturated carbocycles. The second kappa shape index (κ2) is 6.73. The van der Waals surface area contributed by atoms with Gasteiger partial charge in [0.15, 0.2) is 0 Å². The third kappa shape index (κ3) is 3.46. The Bertz CT molecular complexity index is 632. The maximum absolute atomic E-state index is 6.30. The van der Waals surface area contributed by atoms with Gasteiger partial charge in [-0.2, -0.15) is 0 Å². The smallest absolute Gasteiger partial charge is 0.0967 e. The van der Waals surface area contributed by atoms with E-state index < -0.39 is 0 Å². The van der Waals surface area contributed by atoms with Gasteiger partial charge in [0, 0.05) is 42.1 Å². The minimum atomic E-state index is 0.00306. The molecule has 5 heteroatoms. The van der Waals surface area contributed by atoms with Crippen LogP contribution in [0.5, 0.6) is 0 Å². The number of aryl methyl sites for hydroxylation is 1. The van der Waals surface area contributed by atoms with Crippen molar-refractivity contribution < 1.29 is 4.74 Å². The van der Waals surface area contributed by atoms with Crippen LogP contribution >= 0.6 is 11.6 Å². The molecule has 1 aliphatic rings. The van der Waals surface area contributed by atoms with E-state index in [-0.39, 0.29) is 6.10 Å².